The molecule has 0 saturated heterocycles. The largest absolute Gasteiger partial charge is 0.495 e. The lowest BCUT2D eigenvalue weighted by atomic mass is 10.0. The van der Waals surface area contributed by atoms with Gasteiger partial charge in [-0.3, -0.25) is 4.79 Å². The van der Waals surface area contributed by atoms with Crippen molar-refractivity contribution in [3.8, 4) is 46.3 Å². The van der Waals surface area contributed by atoms with Gasteiger partial charge >= 0.3 is 5.95 Å². The number of nitrogens with zero attached hydrogens (tertiary/aromatic N) is 6. The molecule has 250 valence electrons. The third-order valence-corrected chi connectivity index (χ3v) is 8.17. The third-order valence-electron chi connectivity index (χ3n) is 7.74. The van der Waals surface area contributed by atoms with Crippen LogP contribution in [0, 0.1) is 22.0 Å². The van der Waals surface area contributed by atoms with Crippen LogP contribution in [-0.4, -0.2) is 77.1 Å². The molecule has 0 radical (unpaired) electrons. The average molecular weight is 723 g/mol. The van der Waals surface area contributed by atoms with E-state index in [1.54, 1.807) is 62.2 Å². The summed E-state index contributed by atoms with van der Waals surface area (Å²) in [7, 11) is 11.5. The molecular weight excluding hydrogens is 688 g/mol. The molecule has 0 bridgehead atoms. The SMILES string of the molecule is CC#Cc1c(OC)ccc2c(C(=O)c3cc(OC)c(OC)c(OC)c3)nn(C[N+](C)(C)Cc3c(-c4ccc(Br)o4)nc([N+](=O)[O-])n3C)c12. The summed E-state index contributed by atoms with van der Waals surface area (Å²) in [6.45, 7) is 2.22. The van der Waals surface area contributed by atoms with Gasteiger partial charge in [-0.15, -0.1) is 5.92 Å². The van der Waals surface area contributed by atoms with Gasteiger partial charge in [-0.2, -0.15) is 5.10 Å². The Morgan fingerprint density at radius 2 is 1.71 bits per heavy atom. The molecule has 3 heterocycles. The fourth-order valence-corrected chi connectivity index (χ4v) is 5.92. The number of halogens is 1. The van der Waals surface area contributed by atoms with Gasteiger partial charge in [0.25, 0.3) is 0 Å². The predicted octanol–water partition coefficient (Wildman–Crippen LogP) is 5.57. The van der Waals surface area contributed by atoms with E-state index in [2.05, 4.69) is 32.8 Å². The third kappa shape index (κ3) is 6.19. The van der Waals surface area contributed by atoms with E-state index in [1.807, 2.05) is 14.1 Å². The smallest absolute Gasteiger partial charge is 0.435 e. The van der Waals surface area contributed by atoms with Crippen LogP contribution in [0.15, 0.2) is 45.5 Å². The van der Waals surface area contributed by atoms with Crippen molar-refractivity contribution in [2.75, 3.05) is 42.5 Å². The molecule has 14 nitrogen and oxygen atoms in total. The van der Waals surface area contributed by atoms with Gasteiger partial charge in [0.05, 0.1) is 60.7 Å². The maximum Gasteiger partial charge on any atom is 0.435 e. The summed E-state index contributed by atoms with van der Waals surface area (Å²) in [5.74, 6) is 7.28. The molecule has 0 amide bonds. The van der Waals surface area contributed by atoms with Crippen LogP contribution in [0.4, 0.5) is 5.95 Å². The van der Waals surface area contributed by atoms with E-state index in [9.17, 15) is 14.9 Å². The second kappa shape index (κ2) is 13.4. The molecule has 0 aliphatic carbocycles. The lowest BCUT2D eigenvalue weighted by Crippen LogP contribution is -2.41. The van der Waals surface area contributed by atoms with Crippen LogP contribution in [0.1, 0.15) is 34.2 Å². The predicted molar refractivity (Wildman–Crippen MR) is 179 cm³/mol. The zero-order valence-electron chi connectivity index (χ0n) is 27.7. The Morgan fingerprint density at radius 3 is 2.25 bits per heavy atom. The number of benzene rings is 2. The van der Waals surface area contributed by atoms with E-state index in [1.165, 1.54) is 25.9 Å². The summed E-state index contributed by atoms with van der Waals surface area (Å²) in [5.41, 5.74) is 2.54. The minimum absolute atomic E-state index is 0.179. The highest BCUT2D eigenvalue weighted by Gasteiger charge is 2.34. The van der Waals surface area contributed by atoms with E-state index in [0.29, 0.717) is 61.3 Å². The maximum absolute atomic E-state index is 14.2. The standard InChI is InChI=1S/C33H34BrN6O8/c1-9-10-20-23(44-5)12-11-21-28(31(41)19-15-25(45-6)32(47-8)26(16-19)46-7)36-38(30(20)21)18-40(3,4)17-22-29(24-13-14-27(34)48-24)35-33(37(22)2)39(42)43/h11-16H,17-18H2,1-8H3/q+1. The first-order chi connectivity index (χ1) is 22.9. The fraction of sp³-hybridized carbons (Fsp3) is 0.303. The summed E-state index contributed by atoms with van der Waals surface area (Å²) in [5, 5.41) is 17.3. The Hall–Kier alpha value is -5.33. The summed E-state index contributed by atoms with van der Waals surface area (Å²) in [6, 6.07) is 10.1. The summed E-state index contributed by atoms with van der Waals surface area (Å²) in [4.78, 5) is 29.9. The average Bonchev–Trinajstić information content (AvgIpc) is 3.74. The Bertz CT molecular complexity index is 2090. The molecule has 0 saturated carbocycles. The van der Waals surface area contributed by atoms with Crippen molar-refractivity contribution >= 4 is 38.6 Å². The van der Waals surface area contributed by atoms with Gasteiger partial charge < -0.3 is 38.0 Å². The molecule has 0 aliphatic rings. The zero-order valence-corrected chi connectivity index (χ0v) is 29.3. The molecule has 5 aromatic rings. The number of rotatable bonds is 12. The van der Waals surface area contributed by atoms with Crippen LogP contribution < -0.4 is 18.9 Å². The molecule has 2 aromatic carbocycles. The first-order valence-corrected chi connectivity index (χ1v) is 15.3. The lowest BCUT2D eigenvalue weighted by molar-refractivity contribution is -0.926. The molecule has 0 aliphatic heterocycles. The number of hydrogen-bond acceptors (Lipinski definition) is 10. The van der Waals surface area contributed by atoms with Crippen molar-refractivity contribution in [2.45, 2.75) is 20.1 Å². The van der Waals surface area contributed by atoms with Gasteiger partial charge in [0, 0.05) is 10.9 Å². The monoisotopic (exact) mass is 721 g/mol. The van der Waals surface area contributed by atoms with Crippen LogP contribution in [0.3, 0.4) is 0 Å². The molecule has 0 unspecified atom stereocenters. The Labute approximate surface area is 284 Å². The molecule has 3 aromatic heterocycles. The summed E-state index contributed by atoms with van der Waals surface area (Å²) in [6.07, 6.45) is 0. The Balaban J connectivity index is 1.66. The van der Waals surface area contributed by atoms with Crippen molar-refractivity contribution in [3.05, 3.63) is 73.7 Å². The second-order valence-corrected chi connectivity index (χ2v) is 12.1. The second-order valence-electron chi connectivity index (χ2n) is 11.4. The lowest BCUT2D eigenvalue weighted by Gasteiger charge is -2.29. The number of ketones is 1. The highest BCUT2D eigenvalue weighted by molar-refractivity contribution is 9.10. The molecule has 0 N–H and O–H groups in total. The van der Waals surface area contributed by atoms with Crippen LogP contribution >= 0.6 is 15.9 Å². The van der Waals surface area contributed by atoms with Gasteiger partial charge in [0.2, 0.25) is 17.2 Å². The number of carbonyl (C=O) groups excluding carboxylic acids is 1. The van der Waals surface area contributed by atoms with Crippen LogP contribution in [-0.2, 0) is 20.3 Å². The first-order valence-electron chi connectivity index (χ1n) is 14.5. The number of ether oxygens (including phenoxy) is 4. The number of fused-ring (bicyclic) bond motifs is 1. The molecular formula is C33H34BrN6O8+. The van der Waals surface area contributed by atoms with E-state index in [0.717, 1.165) is 0 Å². The molecule has 0 spiro atoms. The number of hydrogen-bond donors (Lipinski definition) is 0. The van der Waals surface area contributed by atoms with E-state index >= 15 is 0 Å². The van der Waals surface area contributed by atoms with E-state index in [4.69, 9.17) is 28.5 Å². The molecule has 15 heteroatoms. The van der Waals surface area contributed by atoms with Crippen molar-refractivity contribution in [1.82, 2.24) is 19.3 Å². The van der Waals surface area contributed by atoms with Crippen molar-refractivity contribution in [2.24, 2.45) is 7.05 Å². The minimum atomic E-state index is -0.533. The number of carbonyl (C=O) groups is 1. The molecule has 0 atom stereocenters. The topological polar surface area (TPSA) is 146 Å². The fourth-order valence-electron chi connectivity index (χ4n) is 5.61. The quantitative estimate of drug-likeness (QED) is 0.0527. The number of nitro groups is 1. The van der Waals surface area contributed by atoms with Crippen LogP contribution in [0.25, 0.3) is 22.4 Å². The van der Waals surface area contributed by atoms with Crippen molar-refractivity contribution < 1.29 is 37.6 Å². The van der Waals surface area contributed by atoms with Gasteiger partial charge in [0.15, 0.2) is 34.3 Å². The number of furan rings is 1. The number of imidazole rings is 1. The zero-order chi connectivity index (χ0) is 34.9. The highest BCUT2D eigenvalue weighted by Crippen LogP contribution is 2.40. The minimum Gasteiger partial charge on any atom is -0.495 e. The maximum atomic E-state index is 14.2. The van der Waals surface area contributed by atoms with Gasteiger partial charge in [-0.25, -0.2) is 9.25 Å². The molecule has 5 rings (SSSR count). The summed E-state index contributed by atoms with van der Waals surface area (Å²) < 4.78 is 31.7. The normalized spacial score (nSPS) is 11.3. The van der Waals surface area contributed by atoms with E-state index < -0.39 is 4.92 Å². The summed E-state index contributed by atoms with van der Waals surface area (Å²) >= 11 is 3.30. The van der Waals surface area contributed by atoms with E-state index in [-0.39, 0.29) is 40.7 Å². The van der Waals surface area contributed by atoms with Crippen molar-refractivity contribution in [3.63, 3.8) is 0 Å². The highest BCUT2D eigenvalue weighted by atomic mass is 79.9. The number of quaternary nitrogens is 1. The van der Waals surface area contributed by atoms with Gasteiger partial charge in [0.1, 0.15) is 18.0 Å². The molecule has 0 fully saturated rings. The van der Waals surface area contributed by atoms with Crippen LogP contribution in [0.5, 0.6) is 23.0 Å². The Morgan fingerprint density at radius 1 is 1.04 bits per heavy atom. The Kier molecular flexibility index (Phi) is 9.51. The number of aromatic nitrogens is 4. The first kappa shape index (κ1) is 34.0. The van der Waals surface area contributed by atoms with Gasteiger partial charge in [-0.1, -0.05) is 10.9 Å². The molecule has 48 heavy (non-hydrogen) atoms. The number of methoxy groups -OCH3 is 4. The van der Waals surface area contributed by atoms with Crippen molar-refractivity contribution in [1.29, 1.82) is 0 Å². The van der Waals surface area contributed by atoms with Gasteiger partial charge in [-0.05, 0) is 64.2 Å². The van der Waals surface area contributed by atoms with Crippen LogP contribution in [0.2, 0.25) is 0 Å².